The Bertz CT molecular complexity index is 1970. The maximum absolute atomic E-state index is 8.88. The number of rotatable bonds is 16. The van der Waals surface area contributed by atoms with Crippen molar-refractivity contribution < 1.29 is 57.7 Å². The van der Waals surface area contributed by atoms with Gasteiger partial charge in [-0.3, -0.25) is 9.97 Å². The van der Waals surface area contributed by atoms with Gasteiger partial charge >= 0.3 is 23.5 Å². The van der Waals surface area contributed by atoms with Gasteiger partial charge in [0.1, 0.15) is 0 Å². The number of aryl methyl sites for hydroxylation is 2. The molecule has 0 aliphatic heterocycles. The summed E-state index contributed by atoms with van der Waals surface area (Å²) in [5.41, 5.74) is 10.6. The van der Waals surface area contributed by atoms with Crippen LogP contribution in [0.4, 0.5) is 11.4 Å². The predicted molar refractivity (Wildman–Crippen MR) is 260 cm³/mol. The average molecular weight is 973 g/mol. The van der Waals surface area contributed by atoms with Crippen molar-refractivity contribution in [3.05, 3.63) is 71.0 Å². The van der Waals surface area contributed by atoms with Gasteiger partial charge in [-0.2, -0.15) is 0 Å². The maximum Gasteiger partial charge on any atom is 0.466 e. The van der Waals surface area contributed by atoms with Crippen LogP contribution < -0.4 is 10.6 Å². The molecule has 2 heterocycles. The van der Waals surface area contributed by atoms with Crippen molar-refractivity contribution in [2.75, 3.05) is 49.9 Å². The van der Waals surface area contributed by atoms with E-state index in [0.717, 1.165) is 50.1 Å². The number of nitrogens with one attached hydrogen (secondary N) is 2. The van der Waals surface area contributed by atoms with Crippen molar-refractivity contribution in [2.24, 2.45) is 0 Å². The fourth-order valence-electron chi connectivity index (χ4n) is 8.03. The molecule has 18 nitrogen and oxygen atoms in total. The molecule has 0 amide bonds. The van der Waals surface area contributed by atoms with Gasteiger partial charge in [0.25, 0.3) is 0 Å². The predicted octanol–water partition coefficient (Wildman–Crippen LogP) is 7.29. The van der Waals surface area contributed by atoms with Crippen LogP contribution in [0, 0.1) is 0 Å². The van der Waals surface area contributed by atoms with Crippen molar-refractivity contribution in [2.45, 2.75) is 131 Å². The summed E-state index contributed by atoms with van der Waals surface area (Å²) < 4.78 is 26.6. The molecule has 368 valence electrons. The second kappa shape index (κ2) is 29.1. The number of hydrogen-bond acceptors (Lipinski definition) is 9. The Kier molecular flexibility index (Phi) is 26.1. The Balaban J connectivity index is 0.000000341. The third-order valence-electron chi connectivity index (χ3n) is 11.1. The van der Waals surface area contributed by atoms with E-state index in [2.05, 4.69) is 111 Å². The van der Waals surface area contributed by atoms with Gasteiger partial charge in [-0.25, -0.2) is 13.7 Å². The first-order valence-corrected chi connectivity index (χ1v) is 27.3. The molecule has 2 aromatic heterocycles. The molecular formula is C44H75N6O12P3. The SMILES string of the molecule is CCN(CC)CCCC(C)Nc1c2c(nc3ccccc13)CCCC2.CCN(CC)CCCC(C)Nc1c2c(nc3ccccc13)CCCC2.O=P(O)(O)O.O=P(O)(O)O.O=P(O)(O)O. The lowest BCUT2D eigenvalue weighted by atomic mass is 9.92. The molecule has 0 bridgehead atoms. The molecule has 65 heavy (non-hydrogen) atoms. The quantitative estimate of drug-likeness (QED) is 0.0492. The smallest absolute Gasteiger partial charge is 0.382 e. The lowest BCUT2D eigenvalue weighted by molar-refractivity contribution is 0.272. The molecule has 2 atom stereocenters. The zero-order valence-electron chi connectivity index (χ0n) is 38.9. The number of aromatic nitrogens is 2. The zero-order valence-corrected chi connectivity index (χ0v) is 41.6. The molecule has 2 aliphatic carbocycles. The average Bonchev–Trinajstić information content (AvgIpc) is 3.22. The van der Waals surface area contributed by atoms with Gasteiger partial charge in [0.2, 0.25) is 0 Å². The van der Waals surface area contributed by atoms with Crippen LogP contribution in [0.15, 0.2) is 48.5 Å². The van der Waals surface area contributed by atoms with Crippen LogP contribution >= 0.6 is 23.5 Å². The van der Waals surface area contributed by atoms with Crippen LogP contribution in [0.25, 0.3) is 21.8 Å². The molecule has 0 fully saturated rings. The third-order valence-corrected chi connectivity index (χ3v) is 11.1. The first-order chi connectivity index (χ1) is 30.4. The van der Waals surface area contributed by atoms with Gasteiger partial charge in [-0.05, 0) is 153 Å². The standard InChI is InChI=1S/2C22H33N3.3H3O4P/c2*1-4-25(5-2)16-10-11-17(3)23-22-18-12-6-8-14-20(18)24-21-15-9-7-13-19(21)22;3*1-5(2,3)4/h2*6,8,12,14,17H,4-5,7,9-11,13,15-16H2,1-3H3,(H,23,24);3*(H3,1,2,3,4). The van der Waals surface area contributed by atoms with Crippen LogP contribution in [0.5, 0.6) is 0 Å². The van der Waals surface area contributed by atoms with Gasteiger partial charge in [-0.15, -0.1) is 0 Å². The largest absolute Gasteiger partial charge is 0.466 e. The third kappa shape index (κ3) is 24.6. The first-order valence-electron chi connectivity index (χ1n) is 22.6. The highest BCUT2D eigenvalue weighted by atomic mass is 31.2. The lowest BCUT2D eigenvalue weighted by Crippen LogP contribution is -2.26. The van der Waals surface area contributed by atoms with Gasteiger partial charge in [0.05, 0.1) is 11.0 Å². The first kappa shape index (κ1) is 58.2. The van der Waals surface area contributed by atoms with E-state index in [0.29, 0.717) is 12.1 Å². The van der Waals surface area contributed by atoms with Crippen LogP contribution in [0.3, 0.4) is 0 Å². The molecule has 6 rings (SSSR count). The Morgan fingerprint density at radius 3 is 1.12 bits per heavy atom. The number of anilines is 2. The summed E-state index contributed by atoms with van der Waals surface area (Å²) in [6, 6.07) is 18.2. The second-order valence-corrected chi connectivity index (χ2v) is 19.3. The topological polar surface area (TPSA) is 290 Å². The van der Waals surface area contributed by atoms with Crippen molar-refractivity contribution in [1.82, 2.24) is 19.8 Å². The summed E-state index contributed by atoms with van der Waals surface area (Å²) >= 11 is 0. The highest BCUT2D eigenvalue weighted by Crippen LogP contribution is 2.35. The molecule has 21 heteroatoms. The molecule has 0 saturated heterocycles. The van der Waals surface area contributed by atoms with Gasteiger partial charge < -0.3 is 64.5 Å². The zero-order chi connectivity index (χ0) is 48.8. The fraction of sp³-hybridized carbons (Fsp3) is 0.591. The summed E-state index contributed by atoms with van der Waals surface area (Å²) in [6.45, 7) is 20.7. The van der Waals surface area contributed by atoms with E-state index in [9.17, 15) is 0 Å². The Labute approximate surface area is 384 Å². The molecule has 2 aromatic carbocycles. The number of pyridine rings is 2. The van der Waals surface area contributed by atoms with E-state index in [-0.39, 0.29) is 0 Å². The number of fused-ring (bicyclic) bond motifs is 4. The summed E-state index contributed by atoms with van der Waals surface area (Å²) in [5, 5.41) is 10.3. The van der Waals surface area contributed by atoms with Crippen LogP contribution in [0.1, 0.15) is 115 Å². The van der Waals surface area contributed by atoms with Crippen molar-refractivity contribution in [1.29, 1.82) is 0 Å². The van der Waals surface area contributed by atoms with Crippen LogP contribution in [-0.2, 0) is 39.4 Å². The molecule has 2 unspecified atom stereocenters. The molecule has 0 saturated carbocycles. The van der Waals surface area contributed by atoms with E-state index in [1.54, 1.807) is 0 Å². The molecule has 0 radical (unpaired) electrons. The minimum Gasteiger partial charge on any atom is -0.382 e. The molecule has 2 aliphatic rings. The molecule has 0 spiro atoms. The van der Waals surface area contributed by atoms with Gasteiger partial charge in [-0.1, -0.05) is 64.1 Å². The number of phosphoric acid groups is 3. The second-order valence-electron chi connectivity index (χ2n) is 16.2. The van der Waals surface area contributed by atoms with Crippen LogP contribution in [-0.4, -0.2) is 115 Å². The number of para-hydroxylation sites is 2. The summed E-state index contributed by atoms with van der Waals surface area (Å²) in [7, 11) is -13.9. The van der Waals surface area contributed by atoms with Crippen molar-refractivity contribution >= 4 is 56.6 Å². The van der Waals surface area contributed by atoms with E-state index in [1.165, 1.54) is 122 Å². The fourth-order valence-corrected chi connectivity index (χ4v) is 8.03. The number of benzene rings is 2. The molecule has 4 aromatic rings. The Morgan fingerprint density at radius 2 is 0.815 bits per heavy atom. The van der Waals surface area contributed by atoms with Crippen molar-refractivity contribution in [3.63, 3.8) is 0 Å². The van der Waals surface area contributed by atoms with E-state index in [4.69, 9.17) is 67.7 Å². The maximum atomic E-state index is 8.88. The highest BCUT2D eigenvalue weighted by molar-refractivity contribution is 7.45. The normalized spacial score (nSPS) is 14.5. The van der Waals surface area contributed by atoms with Crippen LogP contribution in [0.2, 0.25) is 0 Å². The minimum absolute atomic E-state index is 0.493. The lowest BCUT2D eigenvalue weighted by Gasteiger charge is -2.25. The van der Waals surface area contributed by atoms with Crippen molar-refractivity contribution in [3.8, 4) is 0 Å². The molecule has 11 N–H and O–H groups in total. The van der Waals surface area contributed by atoms with Gasteiger partial charge in [0.15, 0.2) is 0 Å². The summed E-state index contributed by atoms with van der Waals surface area (Å²) in [5.74, 6) is 0. The summed E-state index contributed by atoms with van der Waals surface area (Å²) in [4.78, 5) is 79.6. The van der Waals surface area contributed by atoms with E-state index >= 15 is 0 Å². The van der Waals surface area contributed by atoms with E-state index < -0.39 is 23.5 Å². The Hall–Kier alpha value is -2.89. The number of hydrogen-bond donors (Lipinski definition) is 11. The molecular weight excluding hydrogens is 897 g/mol. The minimum atomic E-state index is -4.64. The number of nitrogens with zero attached hydrogens (tertiary/aromatic N) is 4. The van der Waals surface area contributed by atoms with E-state index in [1.807, 2.05) is 0 Å². The Morgan fingerprint density at radius 1 is 0.523 bits per heavy atom. The van der Waals surface area contributed by atoms with Gasteiger partial charge in [0, 0.05) is 45.6 Å². The monoisotopic (exact) mass is 972 g/mol. The summed E-state index contributed by atoms with van der Waals surface area (Å²) in [6.07, 6.45) is 14.6. The highest BCUT2D eigenvalue weighted by Gasteiger charge is 2.21.